The molecule has 0 fully saturated rings. The van der Waals surface area contributed by atoms with Crippen molar-refractivity contribution in [1.29, 1.82) is 0 Å². The molecule has 3 rings (SSSR count). The second kappa shape index (κ2) is 10.9. The molecule has 31 heavy (non-hydrogen) atoms. The zero-order valence-electron chi connectivity index (χ0n) is 16.9. The number of hydrogen-bond donors (Lipinski definition) is 1. The Morgan fingerprint density at radius 1 is 1.13 bits per heavy atom. The number of aromatic nitrogens is 1. The summed E-state index contributed by atoms with van der Waals surface area (Å²) >= 11 is 6.28. The number of esters is 1. The van der Waals surface area contributed by atoms with Crippen LogP contribution in [0.15, 0.2) is 73.1 Å². The molecule has 7 heteroatoms. The Morgan fingerprint density at radius 3 is 2.61 bits per heavy atom. The van der Waals surface area contributed by atoms with Crippen molar-refractivity contribution in [3.8, 4) is 11.5 Å². The molecule has 0 aliphatic carbocycles. The SMILES string of the molecule is CCOC(=O)Cc1ccc(Oc2ccc(NC(=O)/C=C/c3cccnc3)cc2)c(Cl)c1. The van der Waals surface area contributed by atoms with Gasteiger partial charge in [-0.1, -0.05) is 23.7 Å². The Hall–Kier alpha value is -3.64. The highest BCUT2D eigenvalue weighted by Crippen LogP contribution is 2.31. The molecule has 3 aromatic rings. The van der Waals surface area contributed by atoms with Gasteiger partial charge in [-0.3, -0.25) is 14.6 Å². The van der Waals surface area contributed by atoms with Gasteiger partial charge in [0.2, 0.25) is 5.91 Å². The Morgan fingerprint density at radius 2 is 1.94 bits per heavy atom. The molecule has 6 nitrogen and oxygen atoms in total. The molecule has 0 bridgehead atoms. The van der Waals surface area contributed by atoms with E-state index in [1.54, 1.807) is 73.9 Å². The number of rotatable bonds is 8. The zero-order chi connectivity index (χ0) is 22.1. The number of nitrogens with zero attached hydrogens (tertiary/aromatic N) is 1. The minimum atomic E-state index is -0.305. The number of hydrogen-bond acceptors (Lipinski definition) is 5. The molecule has 2 aromatic carbocycles. The summed E-state index contributed by atoms with van der Waals surface area (Å²) in [5.41, 5.74) is 2.21. The number of halogens is 1. The van der Waals surface area contributed by atoms with Crippen molar-refractivity contribution in [2.24, 2.45) is 0 Å². The third kappa shape index (κ3) is 6.97. The second-order valence-electron chi connectivity index (χ2n) is 6.48. The van der Waals surface area contributed by atoms with Gasteiger partial charge in [-0.2, -0.15) is 0 Å². The van der Waals surface area contributed by atoms with E-state index in [-0.39, 0.29) is 18.3 Å². The topological polar surface area (TPSA) is 77.5 Å². The van der Waals surface area contributed by atoms with E-state index in [0.717, 1.165) is 11.1 Å². The summed E-state index contributed by atoms with van der Waals surface area (Å²) in [5, 5.41) is 3.17. The second-order valence-corrected chi connectivity index (χ2v) is 6.89. The lowest BCUT2D eigenvalue weighted by Gasteiger charge is -2.10. The van der Waals surface area contributed by atoms with Crippen molar-refractivity contribution >= 4 is 35.2 Å². The summed E-state index contributed by atoms with van der Waals surface area (Å²) in [6.07, 6.45) is 6.63. The lowest BCUT2D eigenvalue weighted by molar-refractivity contribution is -0.142. The van der Waals surface area contributed by atoms with E-state index in [9.17, 15) is 9.59 Å². The number of amides is 1. The van der Waals surface area contributed by atoms with Crippen LogP contribution in [0.25, 0.3) is 6.08 Å². The maximum atomic E-state index is 12.1. The smallest absolute Gasteiger partial charge is 0.310 e. The van der Waals surface area contributed by atoms with Crippen molar-refractivity contribution in [1.82, 2.24) is 4.98 Å². The summed E-state index contributed by atoms with van der Waals surface area (Å²) < 4.78 is 10.7. The van der Waals surface area contributed by atoms with Gasteiger partial charge in [0.1, 0.15) is 11.5 Å². The Balaban J connectivity index is 1.57. The molecule has 1 amide bonds. The van der Waals surface area contributed by atoms with Crippen LogP contribution in [0.2, 0.25) is 5.02 Å². The largest absolute Gasteiger partial charge is 0.466 e. The van der Waals surface area contributed by atoms with Gasteiger partial charge in [0.25, 0.3) is 0 Å². The van der Waals surface area contributed by atoms with Crippen LogP contribution in [0, 0.1) is 0 Å². The molecule has 1 heterocycles. The van der Waals surface area contributed by atoms with Crippen LogP contribution >= 0.6 is 11.6 Å². The van der Waals surface area contributed by atoms with E-state index in [0.29, 0.717) is 28.8 Å². The summed E-state index contributed by atoms with van der Waals surface area (Å²) in [4.78, 5) is 27.6. The third-order valence-electron chi connectivity index (χ3n) is 4.11. The Kier molecular flexibility index (Phi) is 7.79. The molecule has 0 aliphatic rings. The third-order valence-corrected chi connectivity index (χ3v) is 4.41. The first kappa shape index (κ1) is 22.1. The van der Waals surface area contributed by atoms with E-state index in [4.69, 9.17) is 21.1 Å². The van der Waals surface area contributed by atoms with E-state index < -0.39 is 0 Å². The number of pyridine rings is 1. The van der Waals surface area contributed by atoms with Crippen LogP contribution in [0.1, 0.15) is 18.1 Å². The van der Waals surface area contributed by atoms with Gasteiger partial charge in [-0.15, -0.1) is 0 Å². The van der Waals surface area contributed by atoms with Crippen molar-refractivity contribution in [3.05, 3.63) is 89.2 Å². The fourth-order valence-corrected chi connectivity index (χ4v) is 2.92. The number of benzene rings is 2. The van der Waals surface area contributed by atoms with Crippen LogP contribution in [-0.2, 0) is 20.7 Å². The molecule has 1 aromatic heterocycles. The summed E-state index contributed by atoms with van der Waals surface area (Å²) in [6.45, 7) is 2.10. The maximum Gasteiger partial charge on any atom is 0.310 e. The number of ether oxygens (including phenoxy) is 2. The highest BCUT2D eigenvalue weighted by molar-refractivity contribution is 6.32. The molecule has 158 valence electrons. The fourth-order valence-electron chi connectivity index (χ4n) is 2.68. The summed E-state index contributed by atoms with van der Waals surface area (Å²) in [5.74, 6) is 0.465. The fraction of sp³-hybridized carbons (Fsp3) is 0.125. The average molecular weight is 437 g/mol. The lowest BCUT2D eigenvalue weighted by atomic mass is 10.1. The van der Waals surface area contributed by atoms with Crippen molar-refractivity contribution < 1.29 is 19.1 Å². The zero-order valence-corrected chi connectivity index (χ0v) is 17.6. The van der Waals surface area contributed by atoms with Crippen LogP contribution in [-0.4, -0.2) is 23.5 Å². The van der Waals surface area contributed by atoms with Crippen LogP contribution in [0.3, 0.4) is 0 Å². The molecular weight excluding hydrogens is 416 g/mol. The Bertz CT molecular complexity index is 1070. The molecule has 0 saturated carbocycles. The molecule has 0 spiro atoms. The monoisotopic (exact) mass is 436 g/mol. The average Bonchev–Trinajstić information content (AvgIpc) is 2.76. The van der Waals surface area contributed by atoms with Gasteiger partial charge in [0.15, 0.2) is 0 Å². The Labute approximate surface area is 185 Å². The van der Waals surface area contributed by atoms with Crippen molar-refractivity contribution in [2.75, 3.05) is 11.9 Å². The molecule has 0 aliphatic heterocycles. The minimum Gasteiger partial charge on any atom is -0.466 e. The van der Waals surface area contributed by atoms with Gasteiger partial charge >= 0.3 is 5.97 Å². The highest BCUT2D eigenvalue weighted by Gasteiger charge is 2.09. The quantitative estimate of drug-likeness (QED) is 0.383. The van der Waals surface area contributed by atoms with Crippen LogP contribution in [0.5, 0.6) is 11.5 Å². The summed E-state index contributed by atoms with van der Waals surface area (Å²) in [7, 11) is 0. The first-order chi connectivity index (χ1) is 15.0. The molecule has 0 saturated heterocycles. The molecule has 0 unspecified atom stereocenters. The minimum absolute atomic E-state index is 0.150. The van der Waals surface area contributed by atoms with Crippen molar-refractivity contribution in [2.45, 2.75) is 13.3 Å². The normalized spacial score (nSPS) is 10.6. The standard InChI is InChI=1S/C24H21ClN2O4/c1-2-30-24(29)15-18-5-11-22(21(25)14-18)31-20-9-7-19(8-10-20)27-23(28)12-6-17-4-3-13-26-16-17/h3-14,16H,2,15H2,1H3,(H,27,28)/b12-6+. The summed E-state index contributed by atoms with van der Waals surface area (Å²) in [6, 6.07) is 15.7. The first-order valence-electron chi connectivity index (χ1n) is 9.64. The molecule has 1 N–H and O–H groups in total. The van der Waals surface area contributed by atoms with Gasteiger partial charge in [-0.25, -0.2) is 0 Å². The van der Waals surface area contributed by atoms with Gasteiger partial charge in [0, 0.05) is 24.2 Å². The number of carbonyl (C=O) groups excluding carboxylic acids is 2. The predicted molar refractivity (Wildman–Crippen MR) is 120 cm³/mol. The van der Waals surface area contributed by atoms with Crippen LogP contribution in [0.4, 0.5) is 5.69 Å². The predicted octanol–water partition coefficient (Wildman–Crippen LogP) is 5.28. The first-order valence-corrected chi connectivity index (χ1v) is 10.0. The van der Waals surface area contributed by atoms with Gasteiger partial charge in [-0.05, 0) is 66.6 Å². The van der Waals surface area contributed by atoms with Gasteiger partial charge < -0.3 is 14.8 Å². The highest BCUT2D eigenvalue weighted by atomic mass is 35.5. The number of carbonyl (C=O) groups is 2. The molecular formula is C24H21ClN2O4. The van der Waals surface area contributed by atoms with E-state index in [1.165, 1.54) is 6.08 Å². The van der Waals surface area contributed by atoms with Crippen molar-refractivity contribution in [3.63, 3.8) is 0 Å². The van der Waals surface area contributed by atoms with E-state index >= 15 is 0 Å². The van der Waals surface area contributed by atoms with E-state index in [2.05, 4.69) is 10.3 Å². The van der Waals surface area contributed by atoms with Gasteiger partial charge in [0.05, 0.1) is 18.1 Å². The molecule has 0 radical (unpaired) electrons. The number of nitrogens with one attached hydrogen (secondary N) is 1. The van der Waals surface area contributed by atoms with Crippen LogP contribution < -0.4 is 10.1 Å². The number of anilines is 1. The lowest BCUT2D eigenvalue weighted by Crippen LogP contribution is -2.07. The van der Waals surface area contributed by atoms with E-state index in [1.807, 2.05) is 6.07 Å². The molecule has 0 atom stereocenters. The maximum absolute atomic E-state index is 12.1.